The molecule has 2 aromatic rings. The van der Waals surface area contributed by atoms with E-state index in [0.717, 1.165) is 12.1 Å². The molecule has 4 nitrogen and oxygen atoms in total. The zero-order chi connectivity index (χ0) is 17.8. The lowest BCUT2D eigenvalue weighted by atomic mass is 10.1. The molecule has 1 fully saturated rings. The van der Waals surface area contributed by atoms with Gasteiger partial charge in [-0.15, -0.1) is 11.8 Å². The molecule has 0 saturated carbocycles. The van der Waals surface area contributed by atoms with E-state index in [4.69, 9.17) is 0 Å². The molecule has 25 heavy (non-hydrogen) atoms. The Hall–Kier alpha value is -1.61. The number of alkyl halides is 4. The van der Waals surface area contributed by atoms with Crippen LogP contribution in [-0.4, -0.2) is 45.5 Å². The normalized spacial score (nSPS) is 24.2. The molecule has 2 aliphatic heterocycles. The molecule has 1 saturated heterocycles. The Morgan fingerprint density at radius 1 is 1.28 bits per heavy atom. The van der Waals surface area contributed by atoms with Crippen LogP contribution in [0.15, 0.2) is 28.0 Å². The van der Waals surface area contributed by atoms with Crippen LogP contribution in [0.3, 0.4) is 0 Å². The monoisotopic (exact) mass is 373 g/mol. The predicted octanol–water partition coefficient (Wildman–Crippen LogP) is 2.93. The first kappa shape index (κ1) is 16.8. The summed E-state index contributed by atoms with van der Waals surface area (Å²) in [6.45, 7) is 1.86. The van der Waals surface area contributed by atoms with Gasteiger partial charge in [-0.2, -0.15) is 13.2 Å². The zero-order valence-corrected chi connectivity index (χ0v) is 13.9. The molecule has 2 atom stereocenters. The standard InChI is InChI=1S/C16H15F4N3OS/c17-11-1-2-22(6-11)7-12-8-23-14-9(5-21-15(23)24)3-10(16(18,19)20)4-13(14)25-12/h3-5,11-12H,1-2,6-8H2/t11-,12?/m0/s1. The summed E-state index contributed by atoms with van der Waals surface area (Å²) in [6, 6.07) is 2.12. The van der Waals surface area contributed by atoms with E-state index in [1.807, 2.05) is 4.90 Å². The number of thioether (sulfide) groups is 1. The fourth-order valence-corrected chi connectivity index (χ4v) is 4.89. The molecule has 1 unspecified atom stereocenters. The maximum absolute atomic E-state index is 13.4. The van der Waals surface area contributed by atoms with E-state index in [0.29, 0.717) is 48.4 Å². The summed E-state index contributed by atoms with van der Waals surface area (Å²) in [5.41, 5.74) is -0.720. The van der Waals surface area contributed by atoms with E-state index in [-0.39, 0.29) is 5.25 Å². The van der Waals surface area contributed by atoms with Crippen molar-refractivity contribution >= 4 is 22.7 Å². The molecule has 134 valence electrons. The van der Waals surface area contributed by atoms with Gasteiger partial charge in [0.05, 0.1) is 11.1 Å². The Morgan fingerprint density at radius 3 is 2.76 bits per heavy atom. The number of benzene rings is 1. The largest absolute Gasteiger partial charge is 0.416 e. The van der Waals surface area contributed by atoms with Crippen LogP contribution in [0.1, 0.15) is 12.0 Å². The van der Waals surface area contributed by atoms with Crippen molar-refractivity contribution < 1.29 is 17.6 Å². The third-order valence-corrected chi connectivity index (χ3v) is 5.80. The first-order valence-electron chi connectivity index (χ1n) is 7.95. The summed E-state index contributed by atoms with van der Waals surface area (Å²) in [5.74, 6) is 0. The number of halogens is 4. The molecule has 0 bridgehead atoms. The lowest BCUT2D eigenvalue weighted by molar-refractivity contribution is -0.137. The van der Waals surface area contributed by atoms with Gasteiger partial charge in [-0.3, -0.25) is 9.47 Å². The van der Waals surface area contributed by atoms with Crippen LogP contribution in [0.4, 0.5) is 17.6 Å². The Labute approximate surface area is 144 Å². The number of nitrogens with zero attached hydrogens (tertiary/aromatic N) is 3. The highest BCUT2D eigenvalue weighted by atomic mass is 32.2. The van der Waals surface area contributed by atoms with Crippen LogP contribution >= 0.6 is 11.8 Å². The van der Waals surface area contributed by atoms with Gasteiger partial charge >= 0.3 is 11.9 Å². The van der Waals surface area contributed by atoms with E-state index in [1.165, 1.54) is 22.5 Å². The quantitative estimate of drug-likeness (QED) is 0.759. The van der Waals surface area contributed by atoms with Crippen LogP contribution in [0, 0.1) is 0 Å². The molecule has 3 heterocycles. The molecule has 4 rings (SSSR count). The highest BCUT2D eigenvalue weighted by Crippen LogP contribution is 2.40. The maximum Gasteiger partial charge on any atom is 0.416 e. The average Bonchev–Trinajstić information content (AvgIpc) is 2.94. The van der Waals surface area contributed by atoms with Crippen molar-refractivity contribution in [2.75, 3.05) is 19.6 Å². The van der Waals surface area contributed by atoms with E-state index >= 15 is 0 Å². The average molecular weight is 373 g/mol. The van der Waals surface area contributed by atoms with Crippen LogP contribution in [0.2, 0.25) is 0 Å². The Morgan fingerprint density at radius 2 is 2.08 bits per heavy atom. The smallest absolute Gasteiger partial charge is 0.299 e. The number of hydrogen-bond donors (Lipinski definition) is 0. The Balaban J connectivity index is 1.73. The summed E-state index contributed by atoms with van der Waals surface area (Å²) in [7, 11) is 0. The molecule has 0 aliphatic carbocycles. The molecular weight excluding hydrogens is 358 g/mol. The SMILES string of the molecule is O=c1ncc2cc(C(F)(F)F)cc3c2n1CC(CN1CC[C@H](F)C1)S3. The maximum atomic E-state index is 13.4. The molecule has 2 aliphatic rings. The van der Waals surface area contributed by atoms with Gasteiger partial charge in [0.2, 0.25) is 0 Å². The Kier molecular flexibility index (Phi) is 4.03. The summed E-state index contributed by atoms with van der Waals surface area (Å²) >= 11 is 1.32. The summed E-state index contributed by atoms with van der Waals surface area (Å²) in [5, 5.41) is 0.187. The third kappa shape index (κ3) is 3.15. The van der Waals surface area contributed by atoms with Crippen molar-refractivity contribution in [3.63, 3.8) is 0 Å². The second-order valence-corrected chi connectivity index (χ2v) is 7.79. The summed E-state index contributed by atoms with van der Waals surface area (Å²) < 4.78 is 54.2. The molecular formula is C16H15F4N3OS. The molecule has 0 N–H and O–H groups in total. The number of aromatic nitrogens is 2. The minimum Gasteiger partial charge on any atom is -0.299 e. The molecule has 1 aromatic heterocycles. The molecule has 0 spiro atoms. The van der Waals surface area contributed by atoms with Gasteiger partial charge in [0, 0.05) is 47.9 Å². The minimum atomic E-state index is -4.46. The number of likely N-dealkylation sites (tertiary alicyclic amines) is 1. The van der Waals surface area contributed by atoms with Crippen molar-refractivity contribution in [2.45, 2.75) is 35.5 Å². The van der Waals surface area contributed by atoms with Crippen LogP contribution < -0.4 is 5.69 Å². The number of rotatable bonds is 2. The fraction of sp³-hybridized carbons (Fsp3) is 0.500. The van der Waals surface area contributed by atoms with Gasteiger partial charge < -0.3 is 0 Å². The Bertz CT molecular complexity index is 882. The molecule has 0 amide bonds. The highest BCUT2D eigenvalue weighted by Gasteiger charge is 2.34. The molecule has 0 radical (unpaired) electrons. The summed E-state index contributed by atoms with van der Waals surface area (Å²) in [4.78, 5) is 18.2. The lowest BCUT2D eigenvalue weighted by Crippen LogP contribution is -2.37. The second kappa shape index (κ2) is 5.98. The molecule has 1 aromatic carbocycles. The van der Waals surface area contributed by atoms with E-state index in [9.17, 15) is 22.4 Å². The van der Waals surface area contributed by atoms with Crippen molar-refractivity contribution in [3.05, 3.63) is 34.4 Å². The fourth-order valence-electron chi connectivity index (χ4n) is 3.48. The third-order valence-electron chi connectivity index (χ3n) is 4.60. The lowest BCUT2D eigenvalue weighted by Gasteiger charge is -2.29. The summed E-state index contributed by atoms with van der Waals surface area (Å²) in [6.07, 6.45) is -3.65. The van der Waals surface area contributed by atoms with Gasteiger partial charge in [0.1, 0.15) is 6.17 Å². The van der Waals surface area contributed by atoms with Crippen LogP contribution in [0.25, 0.3) is 10.9 Å². The van der Waals surface area contributed by atoms with Crippen molar-refractivity contribution in [3.8, 4) is 0 Å². The van der Waals surface area contributed by atoms with Gasteiger partial charge in [0.25, 0.3) is 0 Å². The first-order valence-corrected chi connectivity index (χ1v) is 8.83. The van der Waals surface area contributed by atoms with Gasteiger partial charge in [-0.25, -0.2) is 14.2 Å². The van der Waals surface area contributed by atoms with E-state index in [1.54, 1.807) is 0 Å². The van der Waals surface area contributed by atoms with Crippen molar-refractivity contribution in [2.24, 2.45) is 0 Å². The van der Waals surface area contributed by atoms with Crippen molar-refractivity contribution in [1.82, 2.24) is 14.5 Å². The van der Waals surface area contributed by atoms with E-state index in [2.05, 4.69) is 4.98 Å². The second-order valence-electron chi connectivity index (χ2n) is 6.45. The van der Waals surface area contributed by atoms with Gasteiger partial charge in [-0.1, -0.05) is 0 Å². The van der Waals surface area contributed by atoms with E-state index < -0.39 is 23.6 Å². The minimum absolute atomic E-state index is 0.119. The van der Waals surface area contributed by atoms with Gasteiger partial charge in [-0.05, 0) is 18.6 Å². The predicted molar refractivity (Wildman–Crippen MR) is 86.6 cm³/mol. The first-order chi connectivity index (χ1) is 11.8. The van der Waals surface area contributed by atoms with Crippen LogP contribution in [-0.2, 0) is 12.7 Å². The molecule has 9 heteroatoms. The highest BCUT2D eigenvalue weighted by molar-refractivity contribution is 8.00. The zero-order valence-electron chi connectivity index (χ0n) is 13.1. The van der Waals surface area contributed by atoms with Crippen LogP contribution in [0.5, 0.6) is 0 Å². The van der Waals surface area contributed by atoms with Gasteiger partial charge in [0.15, 0.2) is 0 Å². The topological polar surface area (TPSA) is 38.1 Å². The van der Waals surface area contributed by atoms with Crippen molar-refractivity contribution in [1.29, 1.82) is 0 Å². The number of hydrogen-bond acceptors (Lipinski definition) is 4.